The van der Waals surface area contributed by atoms with Crippen LogP contribution in [0.4, 0.5) is 0 Å². The van der Waals surface area contributed by atoms with Crippen molar-refractivity contribution in [1.82, 2.24) is 9.55 Å². The summed E-state index contributed by atoms with van der Waals surface area (Å²) in [5.74, 6) is 0. The highest BCUT2D eigenvalue weighted by Crippen LogP contribution is 2.28. The van der Waals surface area contributed by atoms with E-state index in [9.17, 15) is 4.79 Å². The topological polar surface area (TPSA) is 50.1 Å². The van der Waals surface area contributed by atoms with Gasteiger partial charge in [-0.15, -0.1) is 0 Å². The largest absolute Gasteiger partial charge is 0.358 e. The summed E-state index contributed by atoms with van der Waals surface area (Å²) in [6.45, 7) is 2.03. The first kappa shape index (κ1) is 20.9. The molecule has 4 nitrogen and oxygen atoms in total. The molecule has 3 heterocycles. The molecule has 0 saturated carbocycles. The van der Waals surface area contributed by atoms with E-state index in [2.05, 4.69) is 17.1 Å². The van der Waals surface area contributed by atoms with Gasteiger partial charge in [0.1, 0.15) is 0 Å². The molecule has 6 heteroatoms. The van der Waals surface area contributed by atoms with Gasteiger partial charge in [-0.05, 0) is 48.4 Å². The van der Waals surface area contributed by atoms with Crippen LogP contribution < -0.4 is 14.9 Å². The Balaban J connectivity index is 1.59. The highest BCUT2D eigenvalue weighted by molar-refractivity contribution is 7.07. The van der Waals surface area contributed by atoms with Gasteiger partial charge in [-0.2, -0.15) is 0 Å². The van der Waals surface area contributed by atoms with Gasteiger partial charge in [-0.25, -0.2) is 4.99 Å². The predicted octanol–water partition coefficient (Wildman–Crippen LogP) is 5.45. The van der Waals surface area contributed by atoms with Crippen molar-refractivity contribution in [2.24, 2.45) is 4.99 Å². The van der Waals surface area contributed by atoms with Crippen molar-refractivity contribution in [2.75, 3.05) is 0 Å². The number of hydrogen-bond acceptors (Lipinski definition) is 3. The summed E-state index contributed by atoms with van der Waals surface area (Å²) in [4.78, 5) is 22.7. The van der Waals surface area contributed by atoms with Crippen LogP contribution in [0.5, 0.6) is 0 Å². The van der Waals surface area contributed by atoms with Crippen LogP contribution in [0.2, 0.25) is 5.02 Å². The first-order valence-electron chi connectivity index (χ1n) is 11.0. The lowest BCUT2D eigenvalue weighted by Gasteiger charge is -2.19. The molecule has 0 fully saturated rings. The van der Waals surface area contributed by atoms with Gasteiger partial charge in [0.2, 0.25) is 0 Å². The van der Waals surface area contributed by atoms with Crippen molar-refractivity contribution in [3.8, 4) is 0 Å². The van der Waals surface area contributed by atoms with E-state index < -0.39 is 0 Å². The van der Waals surface area contributed by atoms with Crippen LogP contribution in [0.15, 0.2) is 94.7 Å². The van der Waals surface area contributed by atoms with Crippen molar-refractivity contribution in [3.05, 3.63) is 132 Å². The van der Waals surface area contributed by atoms with E-state index in [1.807, 2.05) is 85.8 Å². The van der Waals surface area contributed by atoms with Crippen molar-refractivity contribution in [3.63, 3.8) is 0 Å². The third-order valence-corrected chi connectivity index (χ3v) is 7.38. The van der Waals surface area contributed by atoms with Gasteiger partial charge in [-0.3, -0.25) is 9.36 Å². The molecule has 0 saturated heterocycles. The molecule has 34 heavy (non-hydrogen) atoms. The fourth-order valence-electron chi connectivity index (χ4n) is 4.46. The van der Waals surface area contributed by atoms with E-state index in [0.29, 0.717) is 14.4 Å². The minimum atomic E-state index is -0.269. The van der Waals surface area contributed by atoms with Gasteiger partial charge in [0, 0.05) is 27.2 Å². The van der Waals surface area contributed by atoms with Gasteiger partial charge < -0.3 is 4.98 Å². The number of benzene rings is 3. The molecule has 1 atom stereocenters. The van der Waals surface area contributed by atoms with Crippen molar-refractivity contribution in [1.29, 1.82) is 0 Å². The Morgan fingerprint density at radius 2 is 1.74 bits per heavy atom. The van der Waals surface area contributed by atoms with E-state index in [-0.39, 0.29) is 11.6 Å². The zero-order valence-electron chi connectivity index (χ0n) is 18.3. The summed E-state index contributed by atoms with van der Waals surface area (Å²) in [5, 5.41) is 1.77. The molecule has 1 N–H and O–H groups in total. The van der Waals surface area contributed by atoms with Gasteiger partial charge in [-0.1, -0.05) is 83.6 Å². The Morgan fingerprint density at radius 1 is 1.00 bits per heavy atom. The first-order chi connectivity index (χ1) is 16.6. The zero-order chi connectivity index (χ0) is 23.2. The average molecular weight is 482 g/mol. The molecule has 0 bridgehead atoms. The molecular formula is C28H20ClN3OS. The smallest absolute Gasteiger partial charge is 0.271 e. The van der Waals surface area contributed by atoms with Crippen LogP contribution >= 0.6 is 22.9 Å². The van der Waals surface area contributed by atoms with Gasteiger partial charge in [0.15, 0.2) is 4.80 Å². The van der Waals surface area contributed by atoms with Crippen LogP contribution in [0, 0.1) is 6.92 Å². The van der Waals surface area contributed by atoms with Crippen LogP contribution in [-0.4, -0.2) is 9.55 Å². The predicted molar refractivity (Wildman–Crippen MR) is 140 cm³/mol. The number of para-hydroxylation sites is 1. The number of aryl methyl sites for hydroxylation is 1. The Labute approximate surface area is 204 Å². The third-order valence-electron chi connectivity index (χ3n) is 6.15. The maximum Gasteiger partial charge on any atom is 0.271 e. The van der Waals surface area contributed by atoms with Crippen molar-refractivity contribution >= 4 is 45.6 Å². The summed E-state index contributed by atoms with van der Waals surface area (Å²) in [6, 6.07) is 25.6. The molecule has 1 unspecified atom stereocenters. The summed E-state index contributed by atoms with van der Waals surface area (Å²) >= 11 is 7.57. The number of aromatic nitrogens is 2. The van der Waals surface area contributed by atoms with E-state index in [1.54, 1.807) is 4.57 Å². The molecule has 0 aliphatic carbocycles. The average Bonchev–Trinajstić information content (AvgIpc) is 3.35. The molecule has 3 aromatic carbocycles. The maximum absolute atomic E-state index is 13.7. The normalized spacial score (nSPS) is 15.8. The van der Waals surface area contributed by atoms with E-state index in [1.165, 1.54) is 11.3 Å². The number of halogens is 1. The number of aromatic amines is 1. The monoisotopic (exact) mass is 481 g/mol. The maximum atomic E-state index is 13.7. The number of thiazole rings is 1. The zero-order valence-corrected chi connectivity index (χ0v) is 19.9. The highest BCUT2D eigenvalue weighted by atomic mass is 35.5. The molecule has 5 aromatic rings. The highest BCUT2D eigenvalue weighted by Gasteiger charge is 2.22. The number of rotatable bonds is 3. The minimum Gasteiger partial charge on any atom is -0.358 e. The fraction of sp³-hybridized carbons (Fsp3) is 0.0714. The second kappa shape index (κ2) is 8.28. The SMILES string of the molecule is Cc1[nH]c2ccccc2c1C=c1sc2n(c1=O)C(c1ccc(Cl)cc1)C=C(c1ccccc1)N=2. The number of fused-ring (bicyclic) bond motifs is 2. The molecule has 6 rings (SSSR count). The quantitative estimate of drug-likeness (QED) is 0.366. The molecule has 0 amide bonds. The Bertz CT molecular complexity index is 1740. The lowest BCUT2D eigenvalue weighted by molar-refractivity contribution is 0.644. The number of H-pyrrole nitrogens is 1. The second-order valence-corrected chi connectivity index (χ2v) is 9.75. The third kappa shape index (κ3) is 3.54. The Kier molecular flexibility index (Phi) is 5.09. The van der Waals surface area contributed by atoms with E-state index in [4.69, 9.17) is 16.6 Å². The standard InChI is InChI=1S/C28H20ClN3OS/c1-17-22(21-9-5-6-10-23(21)30-17)15-26-27(33)32-25(19-11-13-20(29)14-12-19)16-24(31-28(32)34-26)18-7-3-2-4-8-18/h2-16,25,30H,1H3. The van der Waals surface area contributed by atoms with E-state index >= 15 is 0 Å². The van der Waals surface area contributed by atoms with Gasteiger partial charge >= 0.3 is 0 Å². The van der Waals surface area contributed by atoms with Crippen molar-refractivity contribution in [2.45, 2.75) is 13.0 Å². The lowest BCUT2D eigenvalue weighted by atomic mass is 10.0. The molecule has 2 aromatic heterocycles. The van der Waals surface area contributed by atoms with Gasteiger partial charge in [0.25, 0.3) is 5.56 Å². The van der Waals surface area contributed by atoms with E-state index in [0.717, 1.165) is 39.0 Å². The molecule has 1 aliphatic heterocycles. The van der Waals surface area contributed by atoms with Crippen molar-refractivity contribution < 1.29 is 0 Å². The molecule has 0 radical (unpaired) electrons. The van der Waals surface area contributed by atoms with Crippen LogP contribution in [-0.2, 0) is 0 Å². The molecule has 166 valence electrons. The summed E-state index contributed by atoms with van der Waals surface area (Å²) in [6.07, 6.45) is 4.05. The summed E-state index contributed by atoms with van der Waals surface area (Å²) in [5.41, 5.74) is 5.95. The Hall–Kier alpha value is -3.67. The number of hydrogen-bond donors (Lipinski definition) is 1. The molecule has 0 spiro atoms. The van der Waals surface area contributed by atoms with Crippen LogP contribution in [0.3, 0.4) is 0 Å². The summed E-state index contributed by atoms with van der Waals surface area (Å²) < 4.78 is 2.45. The lowest BCUT2D eigenvalue weighted by Crippen LogP contribution is -2.36. The number of nitrogens with zero attached hydrogens (tertiary/aromatic N) is 2. The second-order valence-electron chi connectivity index (χ2n) is 8.30. The molecule has 1 aliphatic rings. The van der Waals surface area contributed by atoms with Gasteiger partial charge in [0.05, 0.1) is 16.3 Å². The Morgan fingerprint density at radius 3 is 2.53 bits per heavy atom. The minimum absolute atomic E-state index is 0.0447. The van der Waals surface area contributed by atoms with Crippen LogP contribution in [0.1, 0.15) is 28.4 Å². The first-order valence-corrected chi connectivity index (χ1v) is 12.2. The fourth-order valence-corrected chi connectivity index (χ4v) is 5.59. The van der Waals surface area contributed by atoms with Crippen LogP contribution in [0.25, 0.3) is 22.7 Å². The number of allylic oxidation sites excluding steroid dienone is 1. The summed E-state index contributed by atoms with van der Waals surface area (Å²) in [7, 11) is 0. The molecular weight excluding hydrogens is 462 g/mol. The number of nitrogens with one attached hydrogen (secondary N) is 1.